The summed E-state index contributed by atoms with van der Waals surface area (Å²) in [6, 6.07) is 19.2. The molecule has 33 heavy (non-hydrogen) atoms. The number of hydrogen-bond donors (Lipinski definition) is 1. The van der Waals surface area contributed by atoms with E-state index in [0.29, 0.717) is 37.8 Å². The number of anilines is 1. The maximum absolute atomic E-state index is 14.0. The average molecular weight is 498 g/mol. The molecule has 2 aromatic heterocycles. The maximum atomic E-state index is 14.0. The van der Waals surface area contributed by atoms with Gasteiger partial charge in [-0.2, -0.15) is 0 Å². The molecule has 0 aliphatic carbocycles. The van der Waals surface area contributed by atoms with E-state index < -0.39 is 0 Å². The van der Waals surface area contributed by atoms with Crippen molar-refractivity contribution in [3.8, 4) is 11.3 Å². The lowest BCUT2D eigenvalue weighted by Gasteiger charge is -2.26. The van der Waals surface area contributed by atoms with Crippen molar-refractivity contribution in [3.05, 3.63) is 106 Å². The molecule has 0 radical (unpaired) electrons. The van der Waals surface area contributed by atoms with Gasteiger partial charge in [0.05, 0.1) is 21.8 Å². The normalized spacial score (nSPS) is 17.9. The molecule has 2 aromatic carbocycles. The highest BCUT2D eigenvalue weighted by Crippen LogP contribution is 2.44. The van der Waals surface area contributed by atoms with Crippen LogP contribution in [0.25, 0.3) is 11.3 Å². The molecule has 2 atom stereocenters. The Labute approximate surface area is 206 Å². The number of aryl methyl sites for hydroxylation is 1. The van der Waals surface area contributed by atoms with Crippen molar-refractivity contribution < 1.29 is 8.81 Å². The Morgan fingerprint density at radius 3 is 2.67 bits per heavy atom. The summed E-state index contributed by atoms with van der Waals surface area (Å²) in [6.07, 6.45) is 1.74. The van der Waals surface area contributed by atoms with Crippen LogP contribution >= 0.6 is 35.4 Å². The summed E-state index contributed by atoms with van der Waals surface area (Å²) >= 11 is 18.3. The molecule has 1 fully saturated rings. The van der Waals surface area contributed by atoms with Gasteiger partial charge in [-0.3, -0.25) is 4.98 Å². The first-order chi connectivity index (χ1) is 15.9. The first kappa shape index (κ1) is 21.9. The lowest BCUT2D eigenvalue weighted by Crippen LogP contribution is -2.29. The lowest BCUT2D eigenvalue weighted by atomic mass is 10.0. The van der Waals surface area contributed by atoms with Crippen LogP contribution in [0.1, 0.15) is 29.1 Å². The number of nitrogens with one attached hydrogen (secondary N) is 1. The average Bonchev–Trinajstić information content (AvgIpc) is 3.43. The molecular formula is C25H18Cl2FN3OS. The predicted molar refractivity (Wildman–Crippen MR) is 133 cm³/mol. The minimum Gasteiger partial charge on any atom is -0.459 e. The van der Waals surface area contributed by atoms with Gasteiger partial charge in [-0.05, 0) is 79.3 Å². The highest BCUT2D eigenvalue weighted by atomic mass is 35.5. The molecule has 1 saturated heterocycles. The van der Waals surface area contributed by atoms with Crippen LogP contribution < -0.4 is 10.2 Å². The predicted octanol–water partition coefficient (Wildman–Crippen LogP) is 7.27. The Kier molecular flexibility index (Phi) is 5.83. The smallest absolute Gasteiger partial charge is 0.174 e. The molecule has 5 rings (SSSR count). The van der Waals surface area contributed by atoms with E-state index in [2.05, 4.69) is 10.3 Å². The largest absolute Gasteiger partial charge is 0.459 e. The van der Waals surface area contributed by atoms with E-state index in [1.54, 1.807) is 31.3 Å². The van der Waals surface area contributed by atoms with Crippen molar-refractivity contribution in [2.24, 2.45) is 0 Å². The van der Waals surface area contributed by atoms with Crippen molar-refractivity contribution in [2.45, 2.75) is 19.0 Å². The SMILES string of the molecule is Cc1cc(N2C(=S)NC(c3ccccn3)C2c2ccc(-c3cccc(Cl)c3Cl)o2)ccc1F. The van der Waals surface area contributed by atoms with Gasteiger partial charge in [-0.25, -0.2) is 4.39 Å². The van der Waals surface area contributed by atoms with Crippen LogP contribution in [0.15, 0.2) is 77.3 Å². The van der Waals surface area contributed by atoms with Gasteiger partial charge >= 0.3 is 0 Å². The first-order valence-electron chi connectivity index (χ1n) is 10.2. The van der Waals surface area contributed by atoms with Crippen LogP contribution in [0.4, 0.5) is 10.1 Å². The van der Waals surface area contributed by atoms with Crippen molar-refractivity contribution in [3.63, 3.8) is 0 Å². The van der Waals surface area contributed by atoms with Crippen molar-refractivity contribution in [1.29, 1.82) is 0 Å². The third-order valence-corrected chi connectivity index (χ3v) is 6.79. The number of rotatable bonds is 4. The zero-order valence-corrected chi connectivity index (χ0v) is 19.8. The van der Waals surface area contributed by atoms with Crippen molar-refractivity contribution >= 4 is 46.2 Å². The van der Waals surface area contributed by atoms with E-state index in [-0.39, 0.29) is 17.9 Å². The fourth-order valence-corrected chi connectivity index (χ4v) is 4.79. The van der Waals surface area contributed by atoms with Crippen LogP contribution in [0.3, 0.4) is 0 Å². The van der Waals surface area contributed by atoms with Gasteiger partial charge in [0.25, 0.3) is 0 Å². The van der Waals surface area contributed by atoms with Gasteiger partial charge in [0.15, 0.2) is 5.11 Å². The summed E-state index contributed by atoms with van der Waals surface area (Å²) in [6.45, 7) is 1.72. The summed E-state index contributed by atoms with van der Waals surface area (Å²) in [5.74, 6) is 0.974. The molecule has 1 aliphatic rings. The van der Waals surface area contributed by atoms with E-state index in [1.165, 1.54) is 6.07 Å². The van der Waals surface area contributed by atoms with E-state index in [9.17, 15) is 4.39 Å². The number of furan rings is 1. The minimum atomic E-state index is -0.357. The Morgan fingerprint density at radius 1 is 1.06 bits per heavy atom. The van der Waals surface area contributed by atoms with Crippen LogP contribution in [0.5, 0.6) is 0 Å². The number of nitrogens with zero attached hydrogens (tertiary/aromatic N) is 2. The summed E-state index contributed by atoms with van der Waals surface area (Å²) in [4.78, 5) is 6.47. The van der Waals surface area contributed by atoms with E-state index in [4.69, 9.17) is 39.8 Å². The number of hydrogen-bond acceptors (Lipinski definition) is 3. The third-order valence-electron chi connectivity index (χ3n) is 5.65. The molecule has 0 spiro atoms. The molecule has 3 heterocycles. The molecule has 8 heteroatoms. The molecule has 166 valence electrons. The summed E-state index contributed by atoms with van der Waals surface area (Å²) in [7, 11) is 0. The Balaban J connectivity index is 1.62. The van der Waals surface area contributed by atoms with Gasteiger partial charge in [-0.15, -0.1) is 0 Å². The topological polar surface area (TPSA) is 41.3 Å². The fourth-order valence-electron chi connectivity index (χ4n) is 4.05. The Bertz CT molecular complexity index is 1340. The molecular weight excluding hydrogens is 480 g/mol. The number of halogens is 3. The molecule has 4 nitrogen and oxygen atoms in total. The zero-order valence-electron chi connectivity index (χ0n) is 17.4. The number of pyridine rings is 1. The molecule has 2 unspecified atom stereocenters. The number of benzene rings is 2. The van der Waals surface area contributed by atoms with Gasteiger partial charge in [0.2, 0.25) is 0 Å². The molecule has 4 aromatic rings. The van der Waals surface area contributed by atoms with Gasteiger partial charge in [0.1, 0.15) is 23.4 Å². The lowest BCUT2D eigenvalue weighted by molar-refractivity contribution is 0.439. The maximum Gasteiger partial charge on any atom is 0.174 e. The van der Waals surface area contributed by atoms with Gasteiger partial charge in [0, 0.05) is 17.4 Å². The second-order valence-corrected chi connectivity index (χ2v) is 8.91. The summed E-state index contributed by atoms with van der Waals surface area (Å²) < 4.78 is 20.3. The Morgan fingerprint density at radius 2 is 1.91 bits per heavy atom. The molecule has 1 aliphatic heterocycles. The molecule has 0 amide bonds. The monoisotopic (exact) mass is 497 g/mol. The van der Waals surface area contributed by atoms with E-state index >= 15 is 0 Å². The number of aromatic nitrogens is 1. The van der Waals surface area contributed by atoms with Gasteiger partial charge < -0.3 is 14.6 Å². The van der Waals surface area contributed by atoms with Crippen LogP contribution in [0.2, 0.25) is 10.0 Å². The quantitative estimate of drug-likeness (QED) is 0.300. The van der Waals surface area contributed by atoms with Gasteiger partial charge in [-0.1, -0.05) is 35.3 Å². The zero-order chi connectivity index (χ0) is 23.1. The van der Waals surface area contributed by atoms with Crippen LogP contribution in [-0.2, 0) is 0 Å². The standard InChI is InChI=1S/C25H18Cl2FN3OS/c1-14-13-15(8-9-18(14)28)31-24(23(30-25(31)33)19-7-2-3-12-29-19)21-11-10-20(32-21)16-5-4-6-17(26)22(16)27/h2-13,23-24H,1H3,(H,30,33). The van der Waals surface area contributed by atoms with E-state index in [0.717, 1.165) is 11.4 Å². The van der Waals surface area contributed by atoms with Crippen molar-refractivity contribution in [1.82, 2.24) is 10.3 Å². The first-order valence-corrected chi connectivity index (χ1v) is 11.4. The molecule has 1 N–H and O–H groups in total. The van der Waals surface area contributed by atoms with Crippen LogP contribution in [-0.4, -0.2) is 10.1 Å². The third kappa shape index (κ3) is 3.99. The Hall–Kier alpha value is -2.93. The van der Waals surface area contributed by atoms with E-state index in [1.807, 2.05) is 47.4 Å². The second kappa shape index (κ2) is 8.78. The minimum absolute atomic E-state index is 0.273. The number of thiocarbonyl (C=S) groups is 1. The second-order valence-electron chi connectivity index (χ2n) is 7.73. The molecule has 0 bridgehead atoms. The summed E-state index contributed by atoms with van der Waals surface area (Å²) in [5.41, 5.74) is 2.79. The highest BCUT2D eigenvalue weighted by Gasteiger charge is 2.42. The van der Waals surface area contributed by atoms with Crippen molar-refractivity contribution in [2.75, 3.05) is 4.90 Å². The molecule has 0 saturated carbocycles. The van der Waals surface area contributed by atoms with Crippen LogP contribution in [0, 0.1) is 12.7 Å². The summed E-state index contributed by atoms with van der Waals surface area (Å²) in [5, 5.41) is 4.74. The highest BCUT2D eigenvalue weighted by molar-refractivity contribution is 7.80. The fraction of sp³-hybridized carbons (Fsp3) is 0.120.